The van der Waals surface area contributed by atoms with Crippen LogP contribution in [0.5, 0.6) is 0 Å². The van der Waals surface area contributed by atoms with Gasteiger partial charge in [-0.2, -0.15) is 0 Å². The molecule has 0 atom stereocenters. The van der Waals surface area contributed by atoms with E-state index in [9.17, 15) is 0 Å². The molecule has 0 amide bonds. The van der Waals surface area contributed by atoms with Crippen LogP contribution in [0.2, 0.25) is 0 Å². The predicted octanol–water partition coefficient (Wildman–Crippen LogP) is 13.9. The zero-order chi connectivity index (χ0) is 29.4. The quantitative estimate of drug-likeness (QED) is 0.0704. The van der Waals surface area contributed by atoms with E-state index < -0.39 is 0 Å². The van der Waals surface area contributed by atoms with Gasteiger partial charge in [0.1, 0.15) is 0 Å². The van der Waals surface area contributed by atoms with Crippen molar-refractivity contribution in [2.24, 2.45) is 11.8 Å². The Bertz CT molecular complexity index is 412. The summed E-state index contributed by atoms with van der Waals surface area (Å²) >= 11 is 0. The van der Waals surface area contributed by atoms with Gasteiger partial charge in [-0.25, -0.2) is 0 Å². The average molecular weight is 564 g/mol. The summed E-state index contributed by atoms with van der Waals surface area (Å²) in [5.41, 5.74) is 0. The highest BCUT2D eigenvalue weighted by atomic mass is 15.1. The smallest absolute Gasteiger partial charge is 0.00187 e. The van der Waals surface area contributed by atoms with E-state index in [2.05, 4.69) is 39.5 Å². The molecule has 0 saturated carbocycles. The summed E-state index contributed by atoms with van der Waals surface area (Å²) in [6.07, 6.45) is 42.2. The average Bonchev–Trinajstić information content (AvgIpc) is 2.92. The molecular formula is C39H81N. The summed E-state index contributed by atoms with van der Waals surface area (Å²) in [6, 6.07) is 0. The van der Waals surface area contributed by atoms with Crippen molar-refractivity contribution in [3.05, 3.63) is 0 Å². The Labute approximate surface area is 256 Å². The topological polar surface area (TPSA) is 3.24 Å². The van der Waals surface area contributed by atoms with Crippen LogP contribution in [0.1, 0.15) is 221 Å². The monoisotopic (exact) mass is 564 g/mol. The molecule has 0 saturated heterocycles. The van der Waals surface area contributed by atoms with Crippen molar-refractivity contribution < 1.29 is 0 Å². The molecule has 0 aliphatic carbocycles. The first kappa shape index (κ1) is 40.0. The molecule has 1 nitrogen and oxygen atoms in total. The van der Waals surface area contributed by atoms with Crippen molar-refractivity contribution in [2.45, 2.75) is 221 Å². The van der Waals surface area contributed by atoms with E-state index >= 15 is 0 Å². The summed E-state index contributed by atoms with van der Waals surface area (Å²) in [4.78, 5) is 2.85. The van der Waals surface area contributed by atoms with Crippen LogP contribution in [0, 0.1) is 11.8 Å². The maximum Gasteiger partial charge on any atom is -0.00187 e. The van der Waals surface area contributed by atoms with E-state index in [4.69, 9.17) is 0 Å². The first-order chi connectivity index (χ1) is 19.6. The van der Waals surface area contributed by atoms with Crippen molar-refractivity contribution in [2.75, 3.05) is 19.6 Å². The third-order valence-electron chi connectivity index (χ3n) is 9.09. The highest BCUT2D eigenvalue weighted by molar-refractivity contribution is 4.61. The van der Waals surface area contributed by atoms with Gasteiger partial charge in [-0.05, 0) is 50.7 Å². The van der Waals surface area contributed by atoms with Gasteiger partial charge in [0.25, 0.3) is 0 Å². The van der Waals surface area contributed by atoms with Gasteiger partial charge in [0.2, 0.25) is 0 Å². The van der Waals surface area contributed by atoms with Crippen LogP contribution >= 0.6 is 0 Å². The van der Waals surface area contributed by atoms with E-state index in [1.54, 1.807) is 0 Å². The zero-order valence-corrected chi connectivity index (χ0v) is 29.2. The van der Waals surface area contributed by atoms with Gasteiger partial charge in [0.15, 0.2) is 0 Å². The first-order valence-corrected chi connectivity index (χ1v) is 19.3. The Hall–Kier alpha value is -0.0400. The SMILES string of the molecule is CCCCCCCCCCCN(CCCCCCCCCCCC(C)C)CCCCCCCCCCCC(C)C. The number of nitrogens with zero attached hydrogens (tertiary/aromatic N) is 1. The highest BCUT2D eigenvalue weighted by Gasteiger charge is 2.05. The summed E-state index contributed by atoms with van der Waals surface area (Å²) in [5.74, 6) is 1.78. The maximum absolute atomic E-state index is 2.85. The van der Waals surface area contributed by atoms with Crippen LogP contribution < -0.4 is 0 Å². The summed E-state index contributed by atoms with van der Waals surface area (Å²) in [5, 5.41) is 0. The zero-order valence-electron chi connectivity index (χ0n) is 29.2. The largest absolute Gasteiger partial charge is 0.303 e. The summed E-state index contributed by atoms with van der Waals surface area (Å²) in [6.45, 7) is 15.8. The lowest BCUT2D eigenvalue weighted by atomic mass is 10.0. The molecule has 0 aliphatic rings. The van der Waals surface area contributed by atoms with Gasteiger partial charge in [-0.15, -0.1) is 0 Å². The molecule has 0 radical (unpaired) electrons. The minimum absolute atomic E-state index is 0.888. The summed E-state index contributed by atoms with van der Waals surface area (Å²) in [7, 11) is 0. The third-order valence-corrected chi connectivity index (χ3v) is 9.09. The molecule has 40 heavy (non-hydrogen) atoms. The molecule has 0 aliphatic heterocycles. The van der Waals surface area contributed by atoms with Crippen LogP contribution in [-0.2, 0) is 0 Å². The molecule has 0 aromatic rings. The van der Waals surface area contributed by atoms with Crippen molar-refractivity contribution in [1.82, 2.24) is 4.90 Å². The van der Waals surface area contributed by atoms with Gasteiger partial charge >= 0.3 is 0 Å². The predicted molar refractivity (Wildman–Crippen MR) is 186 cm³/mol. The molecule has 0 bridgehead atoms. The Balaban J connectivity index is 3.89. The lowest BCUT2D eigenvalue weighted by molar-refractivity contribution is 0.254. The fourth-order valence-electron chi connectivity index (χ4n) is 6.23. The fourth-order valence-corrected chi connectivity index (χ4v) is 6.23. The third kappa shape index (κ3) is 34.2. The Morgan fingerprint density at radius 1 is 0.300 bits per heavy atom. The van der Waals surface area contributed by atoms with Gasteiger partial charge in [-0.3, -0.25) is 0 Å². The molecule has 242 valence electrons. The second kappa shape index (κ2) is 33.5. The molecule has 0 aromatic carbocycles. The molecule has 0 N–H and O–H groups in total. The minimum Gasteiger partial charge on any atom is -0.303 e. The van der Waals surface area contributed by atoms with Crippen LogP contribution in [0.3, 0.4) is 0 Å². The summed E-state index contributed by atoms with van der Waals surface area (Å²) < 4.78 is 0. The van der Waals surface area contributed by atoms with Crippen molar-refractivity contribution >= 4 is 0 Å². The Morgan fingerprint density at radius 3 is 0.775 bits per heavy atom. The van der Waals surface area contributed by atoms with E-state index in [1.807, 2.05) is 0 Å². The van der Waals surface area contributed by atoms with E-state index in [-0.39, 0.29) is 0 Å². The number of unbranched alkanes of at least 4 members (excludes halogenated alkanes) is 24. The van der Waals surface area contributed by atoms with Crippen LogP contribution in [0.15, 0.2) is 0 Å². The van der Waals surface area contributed by atoms with Crippen LogP contribution in [0.4, 0.5) is 0 Å². The lowest BCUT2D eigenvalue weighted by Gasteiger charge is -2.22. The van der Waals surface area contributed by atoms with Crippen molar-refractivity contribution in [1.29, 1.82) is 0 Å². The molecule has 0 fully saturated rings. The first-order valence-electron chi connectivity index (χ1n) is 19.3. The minimum atomic E-state index is 0.888. The normalized spacial score (nSPS) is 12.0. The highest BCUT2D eigenvalue weighted by Crippen LogP contribution is 2.16. The van der Waals surface area contributed by atoms with E-state index in [0.717, 1.165) is 11.8 Å². The second-order valence-electron chi connectivity index (χ2n) is 14.4. The van der Waals surface area contributed by atoms with Gasteiger partial charge in [0.05, 0.1) is 0 Å². The Morgan fingerprint density at radius 2 is 0.525 bits per heavy atom. The second-order valence-corrected chi connectivity index (χ2v) is 14.4. The Kier molecular flexibility index (Phi) is 33.4. The number of rotatable bonds is 34. The number of hydrogen-bond acceptors (Lipinski definition) is 1. The van der Waals surface area contributed by atoms with Gasteiger partial charge < -0.3 is 4.90 Å². The fraction of sp³-hybridized carbons (Fsp3) is 1.00. The molecule has 0 aromatic heterocycles. The molecule has 0 rings (SSSR count). The van der Waals surface area contributed by atoms with E-state index in [0.29, 0.717) is 0 Å². The molecule has 0 heterocycles. The van der Waals surface area contributed by atoms with E-state index in [1.165, 1.54) is 206 Å². The molecule has 0 unspecified atom stereocenters. The van der Waals surface area contributed by atoms with Crippen molar-refractivity contribution in [3.63, 3.8) is 0 Å². The van der Waals surface area contributed by atoms with Crippen molar-refractivity contribution in [3.8, 4) is 0 Å². The van der Waals surface area contributed by atoms with Gasteiger partial charge in [-0.1, -0.05) is 202 Å². The molecular weight excluding hydrogens is 482 g/mol. The number of hydrogen-bond donors (Lipinski definition) is 0. The molecule has 0 spiro atoms. The van der Waals surface area contributed by atoms with Gasteiger partial charge in [0, 0.05) is 0 Å². The van der Waals surface area contributed by atoms with Crippen LogP contribution in [-0.4, -0.2) is 24.5 Å². The molecule has 1 heteroatoms. The van der Waals surface area contributed by atoms with Crippen LogP contribution in [0.25, 0.3) is 0 Å². The standard InChI is InChI=1S/C39H81N/c1-6-7-8-9-10-15-20-25-30-35-40(36-31-26-21-16-11-13-18-23-28-33-38(2)3)37-32-27-22-17-12-14-19-24-29-34-39(4)5/h38-39H,6-37H2,1-5H3. The lowest BCUT2D eigenvalue weighted by Crippen LogP contribution is -2.27. The maximum atomic E-state index is 2.85.